The predicted octanol–water partition coefficient (Wildman–Crippen LogP) is 4.06. The lowest BCUT2D eigenvalue weighted by atomic mass is 9.99. The Hall–Kier alpha value is -1.48. The third-order valence-corrected chi connectivity index (χ3v) is 3.42. The van der Waals surface area contributed by atoms with Gasteiger partial charge in [-0.25, -0.2) is 0 Å². The minimum absolute atomic E-state index is 0.284. The lowest BCUT2D eigenvalue weighted by Crippen LogP contribution is -1.94. The zero-order valence-electron chi connectivity index (χ0n) is 10.4. The van der Waals surface area contributed by atoms with Gasteiger partial charge in [0, 0.05) is 22.5 Å². The summed E-state index contributed by atoms with van der Waals surface area (Å²) < 4.78 is 6.18. The van der Waals surface area contributed by atoms with Gasteiger partial charge in [-0.15, -0.1) is 0 Å². The van der Waals surface area contributed by atoms with Crippen molar-refractivity contribution in [3.63, 3.8) is 0 Å². The monoisotopic (exact) mass is 306 g/mol. The van der Waals surface area contributed by atoms with Crippen LogP contribution in [0.3, 0.4) is 0 Å². The third kappa shape index (κ3) is 2.85. The van der Waals surface area contributed by atoms with Crippen LogP contribution < -0.4 is 4.74 Å². The summed E-state index contributed by atoms with van der Waals surface area (Å²) in [6, 6.07) is 11.7. The summed E-state index contributed by atoms with van der Waals surface area (Å²) in [6.45, 7) is 1.98. The van der Waals surface area contributed by atoms with Crippen LogP contribution in [-0.2, 0) is 6.42 Å². The van der Waals surface area contributed by atoms with Gasteiger partial charge in [0.1, 0.15) is 11.5 Å². The van der Waals surface area contributed by atoms with E-state index < -0.39 is 0 Å². The number of ether oxygens (including phenoxy) is 1. The molecule has 2 aromatic rings. The molecule has 0 aliphatic carbocycles. The molecule has 0 aromatic heterocycles. The maximum atomic E-state index is 10.0. The van der Waals surface area contributed by atoms with Crippen LogP contribution in [0.25, 0.3) is 0 Å². The highest BCUT2D eigenvalue weighted by Crippen LogP contribution is 2.29. The molecule has 0 atom stereocenters. The number of hydrogen-bond donors (Lipinski definition) is 1. The second-order valence-corrected chi connectivity index (χ2v) is 5.16. The highest BCUT2D eigenvalue weighted by Gasteiger charge is 2.09. The standard InChI is InChI=1S/C15H15BrO2/c1-10-6-13(18-2)9-15(17)14(10)8-11-4-3-5-12(16)7-11/h3-7,9,17H,8H2,1-2H3. The van der Waals surface area contributed by atoms with Crippen molar-refractivity contribution in [1.82, 2.24) is 0 Å². The molecule has 0 radical (unpaired) electrons. The molecule has 0 spiro atoms. The highest BCUT2D eigenvalue weighted by atomic mass is 79.9. The maximum absolute atomic E-state index is 10.0. The molecule has 0 bridgehead atoms. The summed E-state index contributed by atoms with van der Waals surface area (Å²) in [5.74, 6) is 0.967. The zero-order chi connectivity index (χ0) is 13.1. The zero-order valence-corrected chi connectivity index (χ0v) is 12.0. The van der Waals surface area contributed by atoms with Crippen LogP contribution in [0.2, 0.25) is 0 Å². The molecule has 0 aliphatic rings. The average Bonchev–Trinajstić information content (AvgIpc) is 2.33. The van der Waals surface area contributed by atoms with Crippen molar-refractivity contribution in [3.8, 4) is 11.5 Å². The topological polar surface area (TPSA) is 29.5 Å². The molecule has 2 aromatic carbocycles. The van der Waals surface area contributed by atoms with E-state index in [1.165, 1.54) is 0 Å². The average molecular weight is 307 g/mol. The number of aryl methyl sites for hydroxylation is 1. The molecular weight excluding hydrogens is 292 g/mol. The molecule has 3 heteroatoms. The number of benzene rings is 2. The Kier molecular flexibility index (Phi) is 3.92. The lowest BCUT2D eigenvalue weighted by molar-refractivity contribution is 0.406. The van der Waals surface area contributed by atoms with Crippen molar-refractivity contribution in [3.05, 3.63) is 57.6 Å². The van der Waals surface area contributed by atoms with Gasteiger partial charge >= 0.3 is 0 Å². The highest BCUT2D eigenvalue weighted by molar-refractivity contribution is 9.10. The predicted molar refractivity (Wildman–Crippen MR) is 76.3 cm³/mol. The van der Waals surface area contributed by atoms with Gasteiger partial charge in [-0.3, -0.25) is 0 Å². The number of halogens is 1. The SMILES string of the molecule is COc1cc(C)c(Cc2cccc(Br)c2)c(O)c1. The van der Waals surface area contributed by atoms with E-state index in [4.69, 9.17) is 4.74 Å². The van der Waals surface area contributed by atoms with Gasteiger partial charge in [0.05, 0.1) is 7.11 Å². The number of hydrogen-bond acceptors (Lipinski definition) is 2. The Labute approximate surface area is 115 Å². The Morgan fingerprint density at radius 2 is 2.00 bits per heavy atom. The molecule has 1 N–H and O–H groups in total. The van der Waals surface area contributed by atoms with Crippen LogP contribution in [-0.4, -0.2) is 12.2 Å². The van der Waals surface area contributed by atoms with E-state index in [2.05, 4.69) is 22.0 Å². The smallest absolute Gasteiger partial charge is 0.123 e. The fraction of sp³-hybridized carbons (Fsp3) is 0.200. The van der Waals surface area contributed by atoms with Crippen molar-refractivity contribution < 1.29 is 9.84 Å². The molecule has 0 fully saturated rings. The first-order valence-corrected chi connectivity index (χ1v) is 6.50. The summed E-state index contributed by atoms with van der Waals surface area (Å²) >= 11 is 3.45. The van der Waals surface area contributed by atoms with E-state index in [0.29, 0.717) is 12.2 Å². The quantitative estimate of drug-likeness (QED) is 0.926. The number of rotatable bonds is 3. The largest absolute Gasteiger partial charge is 0.508 e. The molecule has 94 valence electrons. The number of aromatic hydroxyl groups is 1. The fourth-order valence-corrected chi connectivity index (χ4v) is 2.41. The molecule has 0 amide bonds. The van der Waals surface area contributed by atoms with E-state index in [1.807, 2.05) is 31.2 Å². The van der Waals surface area contributed by atoms with Gasteiger partial charge < -0.3 is 9.84 Å². The van der Waals surface area contributed by atoms with Crippen LogP contribution in [0, 0.1) is 6.92 Å². The van der Waals surface area contributed by atoms with E-state index in [9.17, 15) is 5.11 Å². The Balaban J connectivity index is 2.35. The summed E-state index contributed by atoms with van der Waals surface area (Å²) in [5.41, 5.74) is 3.13. The van der Waals surface area contributed by atoms with Gasteiger partial charge in [-0.1, -0.05) is 28.1 Å². The normalized spacial score (nSPS) is 10.4. The Morgan fingerprint density at radius 3 is 2.61 bits per heavy atom. The maximum Gasteiger partial charge on any atom is 0.123 e. The van der Waals surface area contributed by atoms with Gasteiger partial charge in [0.15, 0.2) is 0 Å². The third-order valence-electron chi connectivity index (χ3n) is 2.93. The molecule has 18 heavy (non-hydrogen) atoms. The van der Waals surface area contributed by atoms with Crippen LogP contribution >= 0.6 is 15.9 Å². The number of phenols is 1. The van der Waals surface area contributed by atoms with Crippen molar-refractivity contribution in [2.24, 2.45) is 0 Å². The van der Waals surface area contributed by atoms with E-state index in [0.717, 1.165) is 21.2 Å². The minimum atomic E-state index is 0.284. The molecule has 0 unspecified atom stereocenters. The summed E-state index contributed by atoms with van der Waals surface area (Å²) in [6.07, 6.45) is 0.709. The summed E-state index contributed by atoms with van der Waals surface area (Å²) in [7, 11) is 1.60. The molecule has 0 aliphatic heterocycles. The molecule has 0 heterocycles. The van der Waals surface area contributed by atoms with Crippen molar-refractivity contribution in [2.45, 2.75) is 13.3 Å². The Morgan fingerprint density at radius 1 is 1.22 bits per heavy atom. The Bertz CT molecular complexity index is 541. The van der Waals surface area contributed by atoms with Crippen LogP contribution in [0.1, 0.15) is 16.7 Å². The van der Waals surface area contributed by atoms with Crippen LogP contribution in [0.4, 0.5) is 0 Å². The van der Waals surface area contributed by atoms with E-state index >= 15 is 0 Å². The molecule has 2 nitrogen and oxygen atoms in total. The van der Waals surface area contributed by atoms with Crippen LogP contribution in [0.5, 0.6) is 11.5 Å². The van der Waals surface area contributed by atoms with Crippen molar-refractivity contribution in [2.75, 3.05) is 7.11 Å². The van der Waals surface area contributed by atoms with Crippen molar-refractivity contribution >= 4 is 15.9 Å². The van der Waals surface area contributed by atoms with Crippen LogP contribution in [0.15, 0.2) is 40.9 Å². The van der Waals surface area contributed by atoms with Gasteiger partial charge in [0.2, 0.25) is 0 Å². The number of phenolic OH excluding ortho intramolecular Hbond substituents is 1. The number of methoxy groups -OCH3 is 1. The fourth-order valence-electron chi connectivity index (χ4n) is 1.96. The van der Waals surface area contributed by atoms with E-state index in [1.54, 1.807) is 13.2 Å². The van der Waals surface area contributed by atoms with E-state index in [-0.39, 0.29) is 5.75 Å². The van der Waals surface area contributed by atoms with Gasteiger partial charge in [-0.05, 0) is 36.2 Å². The minimum Gasteiger partial charge on any atom is -0.508 e. The second-order valence-electron chi connectivity index (χ2n) is 4.25. The molecule has 0 saturated heterocycles. The first kappa shape index (κ1) is 13.0. The summed E-state index contributed by atoms with van der Waals surface area (Å²) in [4.78, 5) is 0. The first-order chi connectivity index (χ1) is 8.60. The second kappa shape index (κ2) is 5.44. The summed E-state index contributed by atoms with van der Waals surface area (Å²) in [5, 5.41) is 10.0. The molecular formula is C15H15BrO2. The van der Waals surface area contributed by atoms with Gasteiger partial charge in [-0.2, -0.15) is 0 Å². The molecule has 0 saturated carbocycles. The van der Waals surface area contributed by atoms with Crippen molar-refractivity contribution in [1.29, 1.82) is 0 Å². The molecule has 2 rings (SSSR count). The van der Waals surface area contributed by atoms with Gasteiger partial charge in [0.25, 0.3) is 0 Å². The first-order valence-electron chi connectivity index (χ1n) is 5.71. The lowest BCUT2D eigenvalue weighted by Gasteiger charge is -2.11.